The molecule has 0 bridgehead atoms. The predicted octanol–water partition coefficient (Wildman–Crippen LogP) is 2.15. The highest BCUT2D eigenvalue weighted by Gasteiger charge is 2.23. The van der Waals surface area contributed by atoms with E-state index in [1.807, 2.05) is 13.0 Å². The van der Waals surface area contributed by atoms with E-state index >= 15 is 0 Å². The molecule has 20 heavy (non-hydrogen) atoms. The Morgan fingerprint density at radius 1 is 1.30 bits per heavy atom. The molecule has 1 aliphatic heterocycles. The second-order valence-corrected chi connectivity index (χ2v) is 5.23. The lowest BCUT2D eigenvalue weighted by atomic mass is 10.1. The van der Waals surface area contributed by atoms with Gasteiger partial charge in [-0.3, -0.25) is 9.69 Å². The smallest absolute Gasteiger partial charge is 0.307 e. The zero-order chi connectivity index (χ0) is 14.4. The first-order chi connectivity index (χ1) is 9.70. The largest absolute Gasteiger partial charge is 0.466 e. The predicted molar refractivity (Wildman–Crippen MR) is 80.9 cm³/mol. The van der Waals surface area contributed by atoms with Crippen LogP contribution in [0, 0.1) is 0 Å². The fraction of sp³-hybridized carbons (Fsp3) is 0.562. The summed E-state index contributed by atoms with van der Waals surface area (Å²) in [6, 6.07) is 11.0. The summed E-state index contributed by atoms with van der Waals surface area (Å²) in [5, 5.41) is 0. The molecule has 0 aromatic heterocycles. The molecular weight excluding hydrogens is 252 g/mol. The Bertz CT molecular complexity index is 422. The number of benzene rings is 1. The lowest BCUT2D eigenvalue weighted by molar-refractivity contribution is -0.143. The molecule has 1 atom stereocenters. The Balaban J connectivity index is 1.82. The van der Waals surface area contributed by atoms with E-state index < -0.39 is 0 Å². The van der Waals surface area contributed by atoms with Gasteiger partial charge < -0.3 is 9.64 Å². The molecular formula is C16H24N2O2. The van der Waals surface area contributed by atoms with E-state index in [0.29, 0.717) is 19.1 Å². The SMILES string of the molecule is CCOC(=O)CCN1CCN(c2ccccc2)[C@H](C)C1. The van der Waals surface area contributed by atoms with Crippen LogP contribution in [0.25, 0.3) is 0 Å². The first-order valence-electron chi connectivity index (χ1n) is 7.40. The van der Waals surface area contributed by atoms with Gasteiger partial charge in [-0.1, -0.05) is 18.2 Å². The van der Waals surface area contributed by atoms with E-state index in [9.17, 15) is 4.79 Å². The van der Waals surface area contributed by atoms with Crippen molar-refractivity contribution < 1.29 is 9.53 Å². The van der Waals surface area contributed by atoms with Gasteiger partial charge in [0.25, 0.3) is 0 Å². The van der Waals surface area contributed by atoms with Gasteiger partial charge in [0.2, 0.25) is 0 Å². The zero-order valence-electron chi connectivity index (χ0n) is 12.4. The van der Waals surface area contributed by atoms with E-state index in [2.05, 4.69) is 41.0 Å². The van der Waals surface area contributed by atoms with Gasteiger partial charge in [0.1, 0.15) is 0 Å². The molecule has 0 aliphatic carbocycles. The summed E-state index contributed by atoms with van der Waals surface area (Å²) in [7, 11) is 0. The van der Waals surface area contributed by atoms with E-state index in [1.54, 1.807) is 0 Å². The molecule has 4 nitrogen and oxygen atoms in total. The minimum atomic E-state index is -0.0920. The minimum Gasteiger partial charge on any atom is -0.466 e. The van der Waals surface area contributed by atoms with Crippen LogP contribution >= 0.6 is 0 Å². The van der Waals surface area contributed by atoms with Gasteiger partial charge in [-0.15, -0.1) is 0 Å². The number of rotatable bonds is 5. The fourth-order valence-corrected chi connectivity index (χ4v) is 2.72. The number of piperazine rings is 1. The monoisotopic (exact) mass is 276 g/mol. The van der Waals surface area contributed by atoms with Gasteiger partial charge in [-0.05, 0) is 26.0 Å². The summed E-state index contributed by atoms with van der Waals surface area (Å²) >= 11 is 0. The van der Waals surface area contributed by atoms with Crippen molar-refractivity contribution in [2.45, 2.75) is 26.3 Å². The number of hydrogen-bond donors (Lipinski definition) is 0. The Labute approximate surface area is 121 Å². The lowest BCUT2D eigenvalue weighted by Gasteiger charge is -2.41. The average molecular weight is 276 g/mol. The maximum atomic E-state index is 11.4. The van der Waals surface area contributed by atoms with Crippen molar-refractivity contribution in [3.05, 3.63) is 30.3 Å². The molecule has 0 unspecified atom stereocenters. The van der Waals surface area contributed by atoms with Crippen LogP contribution in [0.2, 0.25) is 0 Å². The maximum absolute atomic E-state index is 11.4. The number of anilines is 1. The van der Waals surface area contributed by atoms with Crippen LogP contribution in [0.5, 0.6) is 0 Å². The Morgan fingerprint density at radius 2 is 2.05 bits per heavy atom. The van der Waals surface area contributed by atoms with E-state index in [1.165, 1.54) is 5.69 Å². The normalized spacial score (nSPS) is 19.9. The molecule has 1 aromatic rings. The van der Waals surface area contributed by atoms with Gasteiger partial charge in [-0.2, -0.15) is 0 Å². The van der Waals surface area contributed by atoms with Crippen LogP contribution in [0.15, 0.2) is 30.3 Å². The van der Waals surface area contributed by atoms with Gasteiger partial charge in [0.05, 0.1) is 13.0 Å². The second-order valence-electron chi connectivity index (χ2n) is 5.23. The van der Waals surface area contributed by atoms with Gasteiger partial charge in [0, 0.05) is 37.9 Å². The first-order valence-corrected chi connectivity index (χ1v) is 7.40. The van der Waals surface area contributed by atoms with Gasteiger partial charge in [-0.25, -0.2) is 0 Å². The number of nitrogens with zero attached hydrogens (tertiary/aromatic N) is 2. The molecule has 1 aliphatic rings. The molecule has 0 amide bonds. The average Bonchev–Trinajstić information content (AvgIpc) is 2.46. The number of esters is 1. The quantitative estimate of drug-likeness (QED) is 0.772. The van der Waals surface area contributed by atoms with Gasteiger partial charge >= 0.3 is 5.97 Å². The molecule has 1 fully saturated rings. The van der Waals surface area contributed by atoms with Crippen LogP contribution in [-0.4, -0.2) is 49.7 Å². The summed E-state index contributed by atoms with van der Waals surface area (Å²) in [5.41, 5.74) is 1.28. The molecule has 0 spiro atoms. The van der Waals surface area contributed by atoms with Crippen molar-refractivity contribution in [2.75, 3.05) is 37.7 Å². The summed E-state index contributed by atoms with van der Waals surface area (Å²) in [5.74, 6) is -0.0920. The number of para-hydroxylation sites is 1. The van der Waals surface area contributed by atoms with E-state index in [4.69, 9.17) is 4.74 Å². The van der Waals surface area contributed by atoms with E-state index in [0.717, 1.165) is 26.2 Å². The van der Waals surface area contributed by atoms with Crippen molar-refractivity contribution in [2.24, 2.45) is 0 Å². The number of ether oxygens (including phenoxy) is 1. The van der Waals surface area contributed by atoms with Crippen LogP contribution in [0.3, 0.4) is 0 Å². The Kier molecular flexibility index (Phi) is 5.41. The lowest BCUT2D eigenvalue weighted by Crippen LogP contribution is -2.52. The maximum Gasteiger partial charge on any atom is 0.307 e. The third-order valence-electron chi connectivity index (χ3n) is 3.74. The van der Waals surface area contributed by atoms with Crippen LogP contribution in [0.4, 0.5) is 5.69 Å². The summed E-state index contributed by atoms with van der Waals surface area (Å²) < 4.78 is 4.97. The second kappa shape index (κ2) is 7.29. The van der Waals surface area contributed by atoms with Crippen molar-refractivity contribution in [1.82, 2.24) is 4.90 Å². The van der Waals surface area contributed by atoms with Crippen molar-refractivity contribution in [3.63, 3.8) is 0 Å². The first kappa shape index (κ1) is 14.9. The number of carbonyl (C=O) groups excluding carboxylic acids is 1. The molecule has 0 N–H and O–H groups in total. The Morgan fingerprint density at radius 3 is 2.70 bits per heavy atom. The highest BCUT2D eigenvalue weighted by atomic mass is 16.5. The molecule has 1 heterocycles. The molecule has 4 heteroatoms. The van der Waals surface area contributed by atoms with Crippen molar-refractivity contribution in [1.29, 1.82) is 0 Å². The molecule has 1 saturated heterocycles. The van der Waals surface area contributed by atoms with Gasteiger partial charge in [0.15, 0.2) is 0 Å². The van der Waals surface area contributed by atoms with Crippen LogP contribution in [-0.2, 0) is 9.53 Å². The summed E-state index contributed by atoms with van der Waals surface area (Å²) in [6.45, 7) is 8.35. The highest BCUT2D eigenvalue weighted by Crippen LogP contribution is 2.20. The van der Waals surface area contributed by atoms with Crippen LogP contribution in [0.1, 0.15) is 20.3 Å². The third-order valence-corrected chi connectivity index (χ3v) is 3.74. The number of carbonyl (C=O) groups is 1. The minimum absolute atomic E-state index is 0.0920. The summed E-state index contributed by atoms with van der Waals surface area (Å²) in [4.78, 5) is 16.2. The third kappa shape index (κ3) is 3.97. The van der Waals surface area contributed by atoms with Crippen molar-refractivity contribution >= 4 is 11.7 Å². The molecule has 110 valence electrons. The number of hydrogen-bond acceptors (Lipinski definition) is 4. The zero-order valence-corrected chi connectivity index (χ0v) is 12.4. The standard InChI is InChI=1S/C16H24N2O2/c1-3-20-16(19)9-10-17-11-12-18(14(2)13-17)15-7-5-4-6-8-15/h4-8,14H,3,9-13H2,1-2H3/t14-/m1/s1. The van der Waals surface area contributed by atoms with E-state index in [-0.39, 0.29) is 5.97 Å². The Hall–Kier alpha value is -1.55. The molecule has 0 radical (unpaired) electrons. The molecule has 0 saturated carbocycles. The summed E-state index contributed by atoms with van der Waals surface area (Å²) in [6.07, 6.45) is 0.492. The van der Waals surface area contributed by atoms with Crippen LogP contribution < -0.4 is 4.90 Å². The molecule has 2 rings (SSSR count). The highest BCUT2D eigenvalue weighted by molar-refractivity contribution is 5.69. The topological polar surface area (TPSA) is 32.8 Å². The fourth-order valence-electron chi connectivity index (χ4n) is 2.72. The van der Waals surface area contributed by atoms with Crippen molar-refractivity contribution in [3.8, 4) is 0 Å². The molecule has 1 aromatic carbocycles.